The molecule has 2 fully saturated rings. The van der Waals surface area contributed by atoms with Gasteiger partial charge >= 0.3 is 0 Å². The van der Waals surface area contributed by atoms with E-state index in [-0.39, 0.29) is 0 Å². The van der Waals surface area contributed by atoms with Gasteiger partial charge in [-0.15, -0.1) is 0 Å². The Morgan fingerprint density at radius 3 is 2.66 bits per heavy atom. The minimum atomic E-state index is 0.700. The predicted octanol–water partition coefficient (Wildman–Crippen LogP) is 2.78. The summed E-state index contributed by atoms with van der Waals surface area (Å²) in [7, 11) is 0. The Hall–Kier alpha value is -2.75. The summed E-state index contributed by atoms with van der Waals surface area (Å²) >= 11 is 0. The molecule has 0 bridgehead atoms. The highest BCUT2D eigenvalue weighted by atomic mass is 15.3. The maximum atomic E-state index is 4.83. The summed E-state index contributed by atoms with van der Waals surface area (Å²) in [6.07, 6.45) is 9.76. The van der Waals surface area contributed by atoms with Gasteiger partial charge in [0.15, 0.2) is 11.5 Å². The van der Waals surface area contributed by atoms with Gasteiger partial charge in [0, 0.05) is 45.3 Å². The molecule has 1 aliphatic heterocycles. The zero-order chi connectivity index (χ0) is 23.7. The van der Waals surface area contributed by atoms with Crippen molar-refractivity contribution in [3.8, 4) is 0 Å². The van der Waals surface area contributed by atoms with Crippen LogP contribution in [0.1, 0.15) is 49.7 Å². The van der Waals surface area contributed by atoms with Gasteiger partial charge in [0.1, 0.15) is 5.52 Å². The van der Waals surface area contributed by atoms with Crippen molar-refractivity contribution >= 4 is 22.9 Å². The molecule has 0 spiro atoms. The Labute approximate surface area is 207 Å². The first-order valence-electron chi connectivity index (χ1n) is 13.3. The average Bonchev–Trinajstić information content (AvgIpc) is 3.40. The van der Waals surface area contributed by atoms with Crippen LogP contribution in [0.15, 0.2) is 30.6 Å². The third-order valence-corrected chi connectivity index (χ3v) is 7.02. The van der Waals surface area contributed by atoms with Crippen LogP contribution >= 0.6 is 0 Å². The van der Waals surface area contributed by atoms with Crippen LogP contribution in [0.2, 0.25) is 0 Å². The van der Waals surface area contributed by atoms with Crippen molar-refractivity contribution in [2.75, 3.05) is 49.5 Å². The van der Waals surface area contributed by atoms with E-state index in [0.29, 0.717) is 12.2 Å². The van der Waals surface area contributed by atoms with Crippen LogP contribution in [0.5, 0.6) is 0 Å². The van der Waals surface area contributed by atoms with Crippen LogP contribution in [0.3, 0.4) is 0 Å². The van der Waals surface area contributed by atoms with E-state index in [1.807, 2.05) is 0 Å². The fourth-order valence-electron chi connectivity index (χ4n) is 5.05. The first-order valence-corrected chi connectivity index (χ1v) is 13.3. The van der Waals surface area contributed by atoms with E-state index in [1.165, 1.54) is 49.7 Å². The number of aromatic amines is 1. The summed E-state index contributed by atoms with van der Waals surface area (Å²) in [4.78, 5) is 19.3. The van der Waals surface area contributed by atoms with E-state index in [9.17, 15) is 0 Å². The highest BCUT2D eigenvalue weighted by Crippen LogP contribution is 2.22. The number of aromatic nitrogens is 4. The molecule has 9 nitrogen and oxygen atoms in total. The van der Waals surface area contributed by atoms with Gasteiger partial charge in [-0.1, -0.05) is 43.5 Å². The molecule has 3 aromatic rings. The van der Waals surface area contributed by atoms with Gasteiger partial charge in [0.2, 0.25) is 5.95 Å². The normalized spacial score (nSPS) is 17.2. The van der Waals surface area contributed by atoms with Crippen molar-refractivity contribution < 1.29 is 0 Å². The smallest absolute Gasteiger partial charge is 0.229 e. The number of imidazole rings is 1. The van der Waals surface area contributed by atoms with Crippen LogP contribution in [-0.4, -0.2) is 65.2 Å². The number of piperazine rings is 1. The van der Waals surface area contributed by atoms with Gasteiger partial charge in [0.25, 0.3) is 0 Å². The molecule has 5 N–H and O–H groups in total. The molecule has 0 amide bonds. The molecule has 2 aromatic heterocycles. The molecule has 0 radical (unpaired) electrons. The lowest BCUT2D eigenvalue weighted by Crippen LogP contribution is -2.44. The molecular weight excluding hydrogens is 438 g/mol. The van der Waals surface area contributed by atoms with Crippen LogP contribution < -0.4 is 26.2 Å². The Kier molecular flexibility index (Phi) is 8.41. The molecule has 1 aromatic carbocycles. The van der Waals surface area contributed by atoms with Crippen LogP contribution in [-0.2, 0) is 13.1 Å². The lowest BCUT2D eigenvalue weighted by Gasteiger charge is -2.27. The molecular formula is C26H39N9. The lowest BCUT2D eigenvalue weighted by atomic mass is 9.95. The Bertz CT molecular complexity index is 1050. The standard InChI is InChI=1S/C26H39N9/c1-2-8-22(9-3-1)29-11-5-10-28-17-20-6-4-7-21(16-20)18-30-24-23-25(32-19-31-23)34-26(33-24)35-14-12-27-13-15-35/h4,6-7,16,19,22,27-29H,1-3,5,8-15,17-18H2,(H2,30,31,32,33,34). The van der Waals surface area contributed by atoms with E-state index in [0.717, 1.165) is 69.1 Å². The number of nitrogens with zero attached hydrogens (tertiary/aromatic N) is 4. The second-order valence-electron chi connectivity index (χ2n) is 9.70. The molecule has 1 saturated carbocycles. The highest BCUT2D eigenvalue weighted by molar-refractivity contribution is 5.83. The van der Waals surface area contributed by atoms with E-state index in [2.05, 4.69) is 65.4 Å². The van der Waals surface area contributed by atoms with Gasteiger partial charge in [0.05, 0.1) is 6.33 Å². The lowest BCUT2D eigenvalue weighted by molar-refractivity contribution is 0.371. The molecule has 1 aliphatic carbocycles. The first-order chi connectivity index (χ1) is 17.3. The third kappa shape index (κ3) is 6.68. The summed E-state index contributed by atoms with van der Waals surface area (Å²) in [6.45, 7) is 7.44. The van der Waals surface area contributed by atoms with Gasteiger partial charge in [-0.2, -0.15) is 9.97 Å². The number of benzene rings is 1. The number of nitrogens with one attached hydrogen (secondary N) is 5. The topological polar surface area (TPSA) is 106 Å². The molecule has 35 heavy (non-hydrogen) atoms. The molecule has 9 heteroatoms. The van der Waals surface area contributed by atoms with Gasteiger partial charge in [-0.05, 0) is 43.5 Å². The second kappa shape index (κ2) is 12.3. The fraction of sp³-hybridized carbons (Fsp3) is 0.577. The van der Waals surface area contributed by atoms with Crippen LogP contribution in [0.25, 0.3) is 11.2 Å². The molecule has 3 heterocycles. The van der Waals surface area contributed by atoms with Crippen molar-refractivity contribution in [3.63, 3.8) is 0 Å². The fourth-order valence-corrected chi connectivity index (χ4v) is 5.05. The minimum absolute atomic E-state index is 0.700. The SMILES string of the molecule is c1cc(CNCCCNC2CCCCC2)cc(CNc2nc(N3CCNCC3)nc3nc[nH]c23)c1. The Morgan fingerprint density at radius 2 is 1.80 bits per heavy atom. The largest absolute Gasteiger partial charge is 0.364 e. The Morgan fingerprint density at radius 1 is 0.971 bits per heavy atom. The van der Waals surface area contributed by atoms with Crippen molar-refractivity contribution in [2.45, 2.75) is 57.7 Å². The van der Waals surface area contributed by atoms with E-state index in [4.69, 9.17) is 4.98 Å². The van der Waals surface area contributed by atoms with Crippen molar-refractivity contribution in [3.05, 3.63) is 41.7 Å². The molecule has 0 unspecified atom stereocenters. The van der Waals surface area contributed by atoms with Crippen molar-refractivity contribution in [1.82, 2.24) is 35.9 Å². The van der Waals surface area contributed by atoms with E-state index in [1.54, 1.807) is 6.33 Å². The summed E-state index contributed by atoms with van der Waals surface area (Å²) in [6, 6.07) is 9.50. The first kappa shape index (κ1) is 24.0. The molecule has 5 rings (SSSR count). The number of rotatable bonds is 11. The van der Waals surface area contributed by atoms with Crippen LogP contribution in [0.4, 0.5) is 11.8 Å². The number of hydrogen-bond donors (Lipinski definition) is 5. The summed E-state index contributed by atoms with van der Waals surface area (Å²) in [5, 5.41) is 14.2. The van der Waals surface area contributed by atoms with Gasteiger partial charge in [-0.3, -0.25) is 0 Å². The third-order valence-electron chi connectivity index (χ3n) is 7.02. The summed E-state index contributed by atoms with van der Waals surface area (Å²) < 4.78 is 0. The number of fused-ring (bicyclic) bond motifs is 1. The van der Waals surface area contributed by atoms with E-state index < -0.39 is 0 Å². The van der Waals surface area contributed by atoms with Crippen LogP contribution in [0, 0.1) is 0 Å². The minimum Gasteiger partial charge on any atom is -0.364 e. The zero-order valence-electron chi connectivity index (χ0n) is 20.7. The molecule has 1 saturated heterocycles. The zero-order valence-corrected chi connectivity index (χ0v) is 20.7. The molecule has 2 aliphatic rings. The maximum Gasteiger partial charge on any atom is 0.229 e. The maximum absolute atomic E-state index is 4.83. The number of anilines is 2. The molecule has 0 atom stereocenters. The van der Waals surface area contributed by atoms with Gasteiger partial charge < -0.3 is 31.2 Å². The number of H-pyrrole nitrogens is 1. The monoisotopic (exact) mass is 477 g/mol. The highest BCUT2D eigenvalue weighted by Gasteiger charge is 2.17. The quantitative estimate of drug-likeness (QED) is 0.269. The average molecular weight is 478 g/mol. The summed E-state index contributed by atoms with van der Waals surface area (Å²) in [5.41, 5.74) is 4.09. The van der Waals surface area contributed by atoms with E-state index >= 15 is 0 Å². The molecule has 188 valence electrons. The Balaban J connectivity index is 1.11. The van der Waals surface area contributed by atoms with Gasteiger partial charge in [-0.25, -0.2) is 4.98 Å². The predicted molar refractivity (Wildman–Crippen MR) is 142 cm³/mol. The van der Waals surface area contributed by atoms with Crippen molar-refractivity contribution in [1.29, 1.82) is 0 Å². The summed E-state index contributed by atoms with van der Waals surface area (Å²) in [5.74, 6) is 1.54. The number of hydrogen-bond acceptors (Lipinski definition) is 8. The second-order valence-corrected chi connectivity index (χ2v) is 9.70. The van der Waals surface area contributed by atoms with Crippen molar-refractivity contribution in [2.24, 2.45) is 0 Å².